The van der Waals surface area contributed by atoms with Crippen molar-refractivity contribution in [1.82, 2.24) is 0 Å². The predicted molar refractivity (Wildman–Crippen MR) is 274 cm³/mol. The van der Waals surface area contributed by atoms with E-state index in [1.165, 1.54) is 14.2 Å². The fourth-order valence-electron chi connectivity index (χ4n) is 9.49. The SMILES string of the molecule is COc1cc2c(cc1OCc1cc(COc3cc4c(cc3OC)C(=O)N3c5ccccc5C[C@H]3C(O)N4)cc(NC(=O)CC(C)(C)SSC(C)CCC(C)=O)c1)NC(O)[C@@H]1Cc3ccccc3N1C2=O. The van der Waals surface area contributed by atoms with Crippen molar-refractivity contribution in [3.63, 3.8) is 0 Å². The van der Waals surface area contributed by atoms with Crippen LogP contribution in [-0.4, -0.2) is 82.5 Å². The quantitative estimate of drug-likeness (QED) is 0.0557. The number of aliphatic hydroxyl groups is 2. The summed E-state index contributed by atoms with van der Waals surface area (Å²) in [6.45, 7) is 7.72. The molecule has 9 rings (SSSR count). The second-order valence-electron chi connectivity index (χ2n) is 18.8. The average molecular weight is 988 g/mol. The summed E-state index contributed by atoms with van der Waals surface area (Å²) in [6, 6.07) is 26.3. The molecule has 17 heteroatoms. The lowest BCUT2D eigenvalue weighted by molar-refractivity contribution is -0.117. The van der Waals surface area contributed by atoms with Gasteiger partial charge in [-0.2, -0.15) is 0 Å². The molecule has 0 spiro atoms. The third-order valence-electron chi connectivity index (χ3n) is 12.9. The number of fused-ring (bicyclic) bond motifs is 8. The van der Waals surface area contributed by atoms with Gasteiger partial charge in [0.25, 0.3) is 11.8 Å². The first kappa shape index (κ1) is 48.6. The molecule has 5 N–H and O–H groups in total. The van der Waals surface area contributed by atoms with Gasteiger partial charge in [0.05, 0.1) is 48.8 Å². The lowest BCUT2D eigenvalue weighted by Crippen LogP contribution is -2.45. The van der Waals surface area contributed by atoms with Crippen molar-refractivity contribution in [1.29, 1.82) is 0 Å². The van der Waals surface area contributed by atoms with E-state index < -0.39 is 29.3 Å². The highest BCUT2D eigenvalue weighted by Gasteiger charge is 2.44. The van der Waals surface area contributed by atoms with Crippen LogP contribution in [0, 0.1) is 0 Å². The van der Waals surface area contributed by atoms with E-state index in [-0.39, 0.29) is 48.4 Å². The largest absolute Gasteiger partial charge is 0.493 e. The van der Waals surface area contributed by atoms with Gasteiger partial charge in [-0.15, -0.1) is 0 Å². The van der Waals surface area contributed by atoms with Crippen molar-refractivity contribution in [2.24, 2.45) is 0 Å². The van der Waals surface area contributed by atoms with Gasteiger partial charge in [-0.25, -0.2) is 0 Å². The lowest BCUT2D eigenvalue weighted by atomic mass is 10.1. The third kappa shape index (κ3) is 10.1. The van der Waals surface area contributed by atoms with Crippen LogP contribution in [0.15, 0.2) is 91.0 Å². The summed E-state index contributed by atoms with van der Waals surface area (Å²) in [5.41, 5.74) is 6.75. The van der Waals surface area contributed by atoms with Crippen molar-refractivity contribution in [2.75, 3.05) is 40.0 Å². The Balaban J connectivity index is 0.970. The first-order valence-corrected chi connectivity index (χ1v) is 25.5. The number of amides is 3. The van der Waals surface area contributed by atoms with Gasteiger partial charge in [-0.3, -0.25) is 14.4 Å². The number of carbonyl (C=O) groups is 4. The first-order valence-electron chi connectivity index (χ1n) is 23.3. The van der Waals surface area contributed by atoms with Crippen LogP contribution >= 0.6 is 21.6 Å². The molecule has 4 aliphatic rings. The van der Waals surface area contributed by atoms with Crippen LogP contribution in [0.25, 0.3) is 0 Å². The van der Waals surface area contributed by atoms with Crippen molar-refractivity contribution >= 4 is 73.5 Å². The fourth-order valence-corrected chi connectivity index (χ4v) is 12.1. The maximum absolute atomic E-state index is 14.1. The number of ketones is 1. The molecule has 70 heavy (non-hydrogen) atoms. The van der Waals surface area contributed by atoms with Crippen LogP contribution in [0.2, 0.25) is 0 Å². The molecular formula is C53H57N5O10S2. The summed E-state index contributed by atoms with van der Waals surface area (Å²) < 4.78 is 24.0. The number of aliphatic hydroxyl groups excluding tert-OH is 2. The van der Waals surface area contributed by atoms with E-state index in [1.807, 2.05) is 80.6 Å². The zero-order valence-electron chi connectivity index (χ0n) is 39.9. The summed E-state index contributed by atoms with van der Waals surface area (Å²) in [5, 5.41) is 32.3. The number of para-hydroxylation sites is 2. The van der Waals surface area contributed by atoms with E-state index in [0.29, 0.717) is 81.6 Å². The molecule has 0 saturated heterocycles. The number of Topliss-reactive ketones (excluding diaryl/α,β-unsaturated/α-hetero) is 1. The van der Waals surface area contributed by atoms with E-state index in [1.54, 1.807) is 62.6 Å². The lowest BCUT2D eigenvalue weighted by Gasteiger charge is -2.26. The monoisotopic (exact) mass is 987 g/mol. The number of anilines is 5. The molecule has 0 aromatic heterocycles. The van der Waals surface area contributed by atoms with Crippen molar-refractivity contribution in [3.05, 3.63) is 124 Å². The van der Waals surface area contributed by atoms with Gasteiger partial charge < -0.3 is 59.7 Å². The van der Waals surface area contributed by atoms with Gasteiger partial charge in [0.2, 0.25) is 5.91 Å². The molecule has 0 radical (unpaired) electrons. The van der Waals surface area contributed by atoms with Crippen LogP contribution in [0.4, 0.5) is 28.4 Å². The average Bonchev–Trinajstić information content (AvgIpc) is 3.88. The smallest absolute Gasteiger partial charge is 0.260 e. The Bertz CT molecular complexity index is 2700. The number of hydrogen-bond donors (Lipinski definition) is 5. The zero-order chi connectivity index (χ0) is 49.4. The van der Waals surface area contributed by atoms with E-state index >= 15 is 0 Å². The molecule has 0 bridgehead atoms. The molecule has 5 aromatic rings. The standard InChI is InChI=1S/C53H57N5O10S2/c1-29(59)15-16-30(2)69-70-53(3,4)26-48(60)54-35-18-31(27-67-46-24-38-36(22-44(46)65-5)51(63)57-40-13-9-7-11-33(40)20-42(57)49(61)55-38)17-32(19-35)28-68-47-25-39-37(23-45(47)66-6)52(64)58-41-14-10-8-12-34(41)21-43(58)50(62)56-39/h7-14,17-19,22-25,30,42-43,49-50,55-56,61-62H,15-16,20-21,26-28H2,1-6H3,(H,54,60)/t30?,42-,43-,49?,50?/m0/s1. The summed E-state index contributed by atoms with van der Waals surface area (Å²) in [5.74, 6) is 0.675. The zero-order valence-corrected chi connectivity index (χ0v) is 41.5. The highest BCUT2D eigenvalue weighted by molar-refractivity contribution is 8.77. The van der Waals surface area contributed by atoms with Gasteiger partial charge in [0.1, 0.15) is 31.5 Å². The topological polar surface area (TPSA) is 188 Å². The van der Waals surface area contributed by atoms with Crippen LogP contribution in [0.1, 0.15) is 89.9 Å². The Morgan fingerprint density at radius 3 is 1.70 bits per heavy atom. The summed E-state index contributed by atoms with van der Waals surface area (Å²) in [4.78, 5) is 56.9. The second kappa shape index (κ2) is 20.1. The Kier molecular flexibility index (Phi) is 14.0. The van der Waals surface area contributed by atoms with Crippen molar-refractivity contribution < 1.29 is 48.3 Å². The van der Waals surface area contributed by atoms with Gasteiger partial charge in [-0.1, -0.05) is 64.9 Å². The Morgan fingerprint density at radius 2 is 1.23 bits per heavy atom. The number of ether oxygens (including phenoxy) is 4. The van der Waals surface area contributed by atoms with Gasteiger partial charge in [0, 0.05) is 52.0 Å². The molecule has 0 fully saturated rings. The van der Waals surface area contributed by atoms with Crippen LogP contribution in [-0.2, 0) is 35.6 Å². The van der Waals surface area contributed by atoms with Crippen LogP contribution < -0.4 is 44.7 Å². The van der Waals surface area contributed by atoms with E-state index in [0.717, 1.165) is 28.9 Å². The predicted octanol–water partition coefficient (Wildman–Crippen LogP) is 8.74. The highest BCUT2D eigenvalue weighted by Crippen LogP contribution is 2.45. The van der Waals surface area contributed by atoms with Crippen LogP contribution in [0.5, 0.6) is 23.0 Å². The molecule has 3 amide bonds. The number of benzene rings is 5. The number of carbonyl (C=O) groups excluding carboxylic acids is 4. The molecule has 15 nitrogen and oxygen atoms in total. The highest BCUT2D eigenvalue weighted by atomic mass is 33.1. The maximum atomic E-state index is 14.1. The van der Waals surface area contributed by atoms with Gasteiger partial charge in [0.15, 0.2) is 23.0 Å². The molecule has 4 aliphatic heterocycles. The summed E-state index contributed by atoms with van der Waals surface area (Å²) in [7, 11) is 6.28. The molecule has 4 heterocycles. The Labute approximate surface area is 415 Å². The van der Waals surface area contributed by atoms with E-state index in [9.17, 15) is 29.4 Å². The number of nitrogens with zero attached hydrogens (tertiary/aromatic N) is 2. The fraction of sp³-hybridized carbons (Fsp3) is 0.358. The minimum atomic E-state index is -1.06. The normalized spacial score (nSPS) is 19.1. The molecule has 3 unspecified atom stereocenters. The van der Waals surface area contributed by atoms with E-state index in [4.69, 9.17) is 18.9 Å². The summed E-state index contributed by atoms with van der Waals surface area (Å²) in [6.07, 6.45) is 0.350. The first-order chi connectivity index (χ1) is 33.6. The van der Waals surface area contributed by atoms with Crippen molar-refractivity contribution in [2.45, 2.75) is 108 Å². The summed E-state index contributed by atoms with van der Waals surface area (Å²) >= 11 is 0. The Morgan fingerprint density at radius 1 is 0.743 bits per heavy atom. The number of hydrogen-bond acceptors (Lipinski definition) is 14. The minimum absolute atomic E-state index is 0.00744. The minimum Gasteiger partial charge on any atom is -0.493 e. The molecule has 5 atom stereocenters. The molecular weight excluding hydrogens is 931 g/mol. The van der Waals surface area contributed by atoms with Crippen LogP contribution in [0.3, 0.4) is 0 Å². The molecule has 0 saturated carbocycles. The number of nitrogens with one attached hydrogen (secondary N) is 3. The Hall–Kier alpha value is -6.40. The molecule has 5 aromatic carbocycles. The molecule has 366 valence electrons. The number of rotatable bonds is 17. The van der Waals surface area contributed by atoms with Gasteiger partial charge in [-0.05, 0) is 105 Å². The maximum Gasteiger partial charge on any atom is 0.260 e. The third-order valence-corrected chi connectivity index (χ3v) is 16.8. The number of methoxy groups -OCH3 is 2. The van der Waals surface area contributed by atoms with Gasteiger partial charge >= 0.3 is 0 Å². The van der Waals surface area contributed by atoms with Crippen molar-refractivity contribution in [3.8, 4) is 23.0 Å². The molecule has 0 aliphatic carbocycles. The second-order valence-corrected chi connectivity index (χ2v) is 22.1. The van der Waals surface area contributed by atoms with E-state index in [2.05, 4.69) is 22.9 Å².